The predicted molar refractivity (Wildman–Crippen MR) is 94.7 cm³/mol. The topological polar surface area (TPSA) is 60.3 Å². The zero-order chi connectivity index (χ0) is 17.5. The van der Waals surface area contributed by atoms with Crippen LogP contribution in [0.3, 0.4) is 0 Å². The van der Waals surface area contributed by atoms with Crippen LogP contribution in [0.25, 0.3) is 0 Å². The summed E-state index contributed by atoms with van der Waals surface area (Å²) >= 11 is 5.86. The Morgan fingerprint density at radius 3 is 2.83 bits per heavy atom. The molecule has 0 bridgehead atoms. The van der Waals surface area contributed by atoms with E-state index >= 15 is 0 Å². The molecule has 0 saturated carbocycles. The summed E-state index contributed by atoms with van der Waals surface area (Å²) in [6.07, 6.45) is 2.23. The van der Waals surface area contributed by atoms with Crippen molar-refractivity contribution in [3.05, 3.63) is 63.0 Å². The molecule has 2 rings (SSSR count). The first-order valence-electron chi connectivity index (χ1n) is 7.78. The molecule has 1 aromatic heterocycles. The Morgan fingerprint density at radius 1 is 1.25 bits per heavy atom. The van der Waals surface area contributed by atoms with E-state index in [1.807, 2.05) is 32.0 Å². The fourth-order valence-corrected chi connectivity index (χ4v) is 2.39. The van der Waals surface area contributed by atoms with E-state index in [9.17, 15) is 9.59 Å². The lowest BCUT2D eigenvalue weighted by Gasteiger charge is -2.11. The number of nitrogens with one attached hydrogen (secondary N) is 1. The highest BCUT2D eigenvalue weighted by Gasteiger charge is 2.05. The van der Waals surface area contributed by atoms with Gasteiger partial charge in [0.05, 0.1) is 5.02 Å². The fraction of sp³-hybridized carbons (Fsp3) is 0.333. The van der Waals surface area contributed by atoms with Gasteiger partial charge in [-0.3, -0.25) is 9.59 Å². The van der Waals surface area contributed by atoms with Crippen molar-refractivity contribution >= 4 is 17.5 Å². The predicted octanol–water partition coefficient (Wildman–Crippen LogP) is 2.70. The van der Waals surface area contributed by atoms with E-state index in [1.165, 1.54) is 10.6 Å². The molecule has 0 aliphatic carbocycles. The van der Waals surface area contributed by atoms with Gasteiger partial charge in [0.2, 0.25) is 0 Å². The van der Waals surface area contributed by atoms with Crippen molar-refractivity contribution < 1.29 is 9.53 Å². The monoisotopic (exact) mass is 348 g/mol. The molecule has 1 N–H and O–H groups in total. The van der Waals surface area contributed by atoms with Gasteiger partial charge in [0.1, 0.15) is 5.75 Å². The van der Waals surface area contributed by atoms with Gasteiger partial charge in [0.15, 0.2) is 6.61 Å². The van der Waals surface area contributed by atoms with Crippen molar-refractivity contribution in [1.29, 1.82) is 0 Å². The van der Waals surface area contributed by atoms with Crippen LogP contribution in [0, 0.1) is 13.8 Å². The summed E-state index contributed by atoms with van der Waals surface area (Å²) in [4.78, 5) is 23.4. The normalized spacial score (nSPS) is 10.5. The van der Waals surface area contributed by atoms with Crippen molar-refractivity contribution in [2.45, 2.75) is 26.8 Å². The molecule has 128 valence electrons. The van der Waals surface area contributed by atoms with Crippen LogP contribution in [0.4, 0.5) is 0 Å². The van der Waals surface area contributed by atoms with Gasteiger partial charge in [-0.1, -0.05) is 23.7 Å². The van der Waals surface area contributed by atoms with Gasteiger partial charge in [-0.25, -0.2) is 0 Å². The Labute approximate surface area is 146 Å². The lowest BCUT2D eigenvalue weighted by molar-refractivity contribution is -0.123. The number of halogens is 1. The molecule has 1 amide bonds. The molecule has 0 aliphatic rings. The minimum atomic E-state index is -0.186. The minimum absolute atomic E-state index is 0.0264. The molecule has 0 radical (unpaired) electrons. The Morgan fingerprint density at radius 2 is 2.04 bits per heavy atom. The molecular formula is C18H21ClN2O3. The molecule has 24 heavy (non-hydrogen) atoms. The van der Waals surface area contributed by atoms with Gasteiger partial charge in [0.25, 0.3) is 11.5 Å². The minimum Gasteiger partial charge on any atom is -0.483 e. The third-order valence-electron chi connectivity index (χ3n) is 3.55. The van der Waals surface area contributed by atoms with Gasteiger partial charge < -0.3 is 14.6 Å². The zero-order valence-electron chi connectivity index (χ0n) is 13.8. The Balaban J connectivity index is 1.72. The summed E-state index contributed by atoms with van der Waals surface area (Å²) in [5.41, 5.74) is 1.97. The van der Waals surface area contributed by atoms with Crippen LogP contribution in [0.15, 0.2) is 41.3 Å². The maximum atomic E-state index is 11.8. The number of rotatable bonds is 7. The Bertz CT molecular complexity index is 771. The SMILES string of the molecule is Cc1ccc(C)c(OCC(=O)NCCCn2cc(Cl)ccc2=O)c1. The molecule has 0 atom stereocenters. The summed E-state index contributed by atoms with van der Waals surface area (Å²) in [5, 5.41) is 3.29. The molecular weight excluding hydrogens is 328 g/mol. The third kappa shape index (κ3) is 5.42. The number of benzene rings is 1. The molecule has 0 unspecified atom stereocenters. The van der Waals surface area contributed by atoms with E-state index in [-0.39, 0.29) is 18.1 Å². The molecule has 2 aromatic rings. The summed E-state index contributed by atoms with van der Waals surface area (Å²) in [6, 6.07) is 8.87. The number of hydrogen-bond donors (Lipinski definition) is 1. The van der Waals surface area contributed by atoms with E-state index in [0.717, 1.165) is 16.9 Å². The van der Waals surface area contributed by atoms with Crippen LogP contribution >= 0.6 is 11.6 Å². The number of aromatic nitrogens is 1. The number of carbonyl (C=O) groups is 1. The number of hydrogen-bond acceptors (Lipinski definition) is 3. The average molecular weight is 349 g/mol. The second-order valence-corrected chi connectivity index (χ2v) is 6.08. The Hall–Kier alpha value is -2.27. The lowest BCUT2D eigenvalue weighted by Crippen LogP contribution is -2.31. The number of amides is 1. The van der Waals surface area contributed by atoms with E-state index in [4.69, 9.17) is 16.3 Å². The highest BCUT2D eigenvalue weighted by atomic mass is 35.5. The molecule has 1 aromatic carbocycles. The molecule has 6 heteroatoms. The highest BCUT2D eigenvalue weighted by molar-refractivity contribution is 6.30. The second-order valence-electron chi connectivity index (χ2n) is 5.64. The van der Waals surface area contributed by atoms with Crippen LogP contribution < -0.4 is 15.6 Å². The first kappa shape index (κ1) is 18.1. The standard InChI is InChI=1S/C18H21ClN2O3/c1-13-4-5-14(2)16(10-13)24-12-17(22)20-8-3-9-21-11-15(19)6-7-18(21)23/h4-7,10-11H,3,8-9,12H2,1-2H3,(H,20,22). The van der Waals surface area contributed by atoms with Crippen LogP contribution in [0.1, 0.15) is 17.5 Å². The highest BCUT2D eigenvalue weighted by Crippen LogP contribution is 2.18. The molecule has 0 spiro atoms. The van der Waals surface area contributed by atoms with E-state index in [2.05, 4.69) is 5.32 Å². The van der Waals surface area contributed by atoms with Crippen LogP contribution in [-0.4, -0.2) is 23.6 Å². The molecule has 0 fully saturated rings. The van der Waals surface area contributed by atoms with E-state index < -0.39 is 0 Å². The first-order chi connectivity index (χ1) is 11.5. The smallest absolute Gasteiger partial charge is 0.257 e. The van der Waals surface area contributed by atoms with Crippen molar-refractivity contribution in [2.24, 2.45) is 0 Å². The van der Waals surface area contributed by atoms with Gasteiger partial charge in [-0.15, -0.1) is 0 Å². The lowest BCUT2D eigenvalue weighted by atomic mass is 10.1. The summed E-state index contributed by atoms with van der Waals surface area (Å²) in [5.74, 6) is 0.532. The number of aryl methyl sites for hydroxylation is 3. The largest absolute Gasteiger partial charge is 0.483 e. The first-order valence-corrected chi connectivity index (χ1v) is 8.16. The van der Waals surface area contributed by atoms with Gasteiger partial charge >= 0.3 is 0 Å². The number of pyridine rings is 1. The quantitative estimate of drug-likeness (QED) is 0.783. The maximum Gasteiger partial charge on any atom is 0.257 e. The van der Waals surface area contributed by atoms with Gasteiger partial charge in [-0.2, -0.15) is 0 Å². The molecule has 1 heterocycles. The number of carbonyl (C=O) groups excluding carboxylic acids is 1. The molecule has 0 aliphatic heterocycles. The van der Waals surface area contributed by atoms with Crippen molar-refractivity contribution in [2.75, 3.05) is 13.2 Å². The third-order valence-corrected chi connectivity index (χ3v) is 3.77. The van der Waals surface area contributed by atoms with Crippen molar-refractivity contribution in [1.82, 2.24) is 9.88 Å². The number of nitrogens with zero attached hydrogens (tertiary/aromatic N) is 1. The van der Waals surface area contributed by atoms with Crippen LogP contribution in [0.2, 0.25) is 5.02 Å². The molecule has 5 nitrogen and oxygen atoms in total. The average Bonchev–Trinajstić information content (AvgIpc) is 2.55. The second kappa shape index (κ2) is 8.55. The maximum absolute atomic E-state index is 11.8. The van der Waals surface area contributed by atoms with Crippen molar-refractivity contribution in [3.8, 4) is 5.75 Å². The van der Waals surface area contributed by atoms with Crippen molar-refractivity contribution in [3.63, 3.8) is 0 Å². The fourth-order valence-electron chi connectivity index (χ4n) is 2.21. The van der Waals surface area contributed by atoms with Gasteiger partial charge in [0, 0.05) is 25.4 Å². The number of ether oxygens (including phenoxy) is 1. The van der Waals surface area contributed by atoms with E-state index in [1.54, 1.807) is 12.3 Å². The van der Waals surface area contributed by atoms with Crippen LogP contribution in [0.5, 0.6) is 5.75 Å². The summed E-state index contributed by atoms with van der Waals surface area (Å²) in [7, 11) is 0. The Kier molecular flexibility index (Phi) is 6.44. The zero-order valence-corrected chi connectivity index (χ0v) is 14.6. The summed E-state index contributed by atoms with van der Waals surface area (Å²) in [6.45, 7) is 4.85. The van der Waals surface area contributed by atoms with E-state index in [0.29, 0.717) is 24.5 Å². The molecule has 0 saturated heterocycles. The summed E-state index contributed by atoms with van der Waals surface area (Å²) < 4.78 is 7.07. The van der Waals surface area contributed by atoms with Crippen LogP contribution in [-0.2, 0) is 11.3 Å². The van der Waals surface area contributed by atoms with Gasteiger partial charge in [-0.05, 0) is 43.5 Å².